The lowest BCUT2D eigenvalue weighted by atomic mass is 10.1. The van der Waals surface area contributed by atoms with Crippen molar-refractivity contribution in [1.29, 1.82) is 0 Å². The minimum Gasteiger partial charge on any atom is -0.465 e. The normalized spacial score (nSPS) is 12.9. The molecular formula is C11H11F6N3O2. The SMILES string of the molecule is CN(C(=O)O)C(NNc1ccccc1)(C(F)(F)F)C(F)(F)F. The largest absolute Gasteiger partial charge is 0.465 e. The molecule has 0 aliphatic carbocycles. The number of halogens is 6. The third-order valence-corrected chi connectivity index (χ3v) is 2.77. The standard InChI is InChI=1S/C11H11F6N3O2/c1-20(8(21)22)9(10(12,13)14,11(15,16)17)19-18-7-5-3-2-4-6-7/h2-6,18-19H,1H3,(H,21,22). The van der Waals surface area contributed by atoms with Crippen LogP contribution in [0.4, 0.5) is 36.8 Å². The molecule has 0 aliphatic heterocycles. The Morgan fingerprint density at radius 3 is 1.86 bits per heavy atom. The van der Waals surface area contributed by atoms with Crippen molar-refractivity contribution in [1.82, 2.24) is 10.3 Å². The van der Waals surface area contributed by atoms with Crippen LogP contribution in [0.15, 0.2) is 30.3 Å². The smallest absolute Gasteiger partial charge is 0.436 e. The zero-order valence-electron chi connectivity index (χ0n) is 11.0. The van der Waals surface area contributed by atoms with Crippen LogP contribution >= 0.6 is 0 Å². The van der Waals surface area contributed by atoms with Crippen LogP contribution in [0.5, 0.6) is 0 Å². The van der Waals surface area contributed by atoms with Crippen LogP contribution in [0, 0.1) is 0 Å². The van der Waals surface area contributed by atoms with Crippen LogP contribution in [0.25, 0.3) is 0 Å². The Hall–Kier alpha value is -2.17. The van der Waals surface area contributed by atoms with Crippen LogP contribution in [-0.2, 0) is 0 Å². The Morgan fingerprint density at radius 2 is 1.50 bits per heavy atom. The lowest BCUT2D eigenvalue weighted by Crippen LogP contribution is -2.76. The Kier molecular flexibility index (Phi) is 4.80. The summed E-state index contributed by atoms with van der Waals surface area (Å²) in [6.45, 7) is 0. The van der Waals surface area contributed by atoms with Gasteiger partial charge in [0, 0.05) is 12.7 Å². The van der Waals surface area contributed by atoms with Crippen LogP contribution in [0.2, 0.25) is 0 Å². The van der Waals surface area contributed by atoms with E-state index in [0.29, 0.717) is 0 Å². The number of anilines is 1. The average molecular weight is 331 g/mol. The number of rotatable bonds is 4. The molecular weight excluding hydrogens is 320 g/mol. The summed E-state index contributed by atoms with van der Waals surface area (Å²) in [4.78, 5) is 9.82. The molecule has 11 heteroatoms. The Labute approximate surface area is 120 Å². The average Bonchev–Trinajstić information content (AvgIpc) is 2.37. The summed E-state index contributed by atoms with van der Waals surface area (Å²) in [6.07, 6.45) is -14.3. The van der Waals surface area contributed by atoms with Gasteiger partial charge in [-0.2, -0.15) is 31.8 Å². The van der Waals surface area contributed by atoms with Crippen LogP contribution in [0.1, 0.15) is 0 Å². The molecule has 0 bridgehead atoms. The fraction of sp³-hybridized carbons (Fsp3) is 0.364. The number of hydrazine groups is 1. The number of hydrogen-bond acceptors (Lipinski definition) is 3. The van der Waals surface area contributed by atoms with Crippen molar-refractivity contribution in [3.63, 3.8) is 0 Å². The molecule has 0 aliphatic rings. The first kappa shape index (κ1) is 17.9. The van der Waals surface area contributed by atoms with Crippen LogP contribution in [-0.4, -0.2) is 41.2 Å². The molecule has 5 nitrogen and oxygen atoms in total. The van der Waals surface area contributed by atoms with Gasteiger partial charge in [0.05, 0.1) is 0 Å². The van der Waals surface area contributed by atoms with Gasteiger partial charge in [0.25, 0.3) is 0 Å². The highest BCUT2D eigenvalue weighted by atomic mass is 19.4. The molecule has 0 saturated carbocycles. The van der Waals surface area contributed by atoms with E-state index in [0.717, 1.165) is 5.43 Å². The number of alkyl halides is 6. The highest BCUT2D eigenvalue weighted by molar-refractivity contribution is 5.66. The first-order chi connectivity index (χ1) is 9.93. The summed E-state index contributed by atoms with van der Waals surface area (Å²) in [6, 6.07) is 6.63. The molecule has 1 rings (SSSR count). The first-order valence-electron chi connectivity index (χ1n) is 5.62. The Bertz CT molecular complexity index is 503. The quantitative estimate of drug-likeness (QED) is 0.451. The molecule has 1 aromatic carbocycles. The molecule has 3 N–H and O–H groups in total. The van der Waals surface area contributed by atoms with Crippen LogP contribution < -0.4 is 10.9 Å². The molecule has 0 spiro atoms. The van der Waals surface area contributed by atoms with E-state index in [1.165, 1.54) is 30.3 Å². The fourth-order valence-electron chi connectivity index (χ4n) is 1.59. The number of nitrogens with zero attached hydrogens (tertiary/aromatic N) is 1. The highest BCUT2D eigenvalue weighted by Crippen LogP contribution is 2.44. The maximum Gasteiger partial charge on any atom is 0.436 e. The Morgan fingerprint density at radius 1 is 1.05 bits per heavy atom. The molecule has 22 heavy (non-hydrogen) atoms. The number of benzene rings is 1. The summed E-state index contributed by atoms with van der Waals surface area (Å²) < 4.78 is 78.3. The molecule has 0 unspecified atom stereocenters. The van der Waals surface area contributed by atoms with E-state index in [4.69, 9.17) is 5.11 Å². The van der Waals surface area contributed by atoms with E-state index in [1.54, 1.807) is 5.43 Å². The van der Waals surface area contributed by atoms with Gasteiger partial charge in [-0.1, -0.05) is 18.2 Å². The summed E-state index contributed by atoms with van der Waals surface area (Å²) in [7, 11) is 0.170. The van der Waals surface area contributed by atoms with Crippen molar-refractivity contribution in [2.75, 3.05) is 12.5 Å². The molecule has 1 amide bonds. The van der Waals surface area contributed by atoms with Gasteiger partial charge < -0.3 is 10.5 Å². The second-order valence-corrected chi connectivity index (χ2v) is 4.16. The zero-order chi connectivity index (χ0) is 17.2. The van der Waals surface area contributed by atoms with Crippen molar-refractivity contribution < 1.29 is 36.2 Å². The minimum atomic E-state index is -5.97. The van der Waals surface area contributed by atoms with Gasteiger partial charge in [0.15, 0.2) is 0 Å². The summed E-state index contributed by atoms with van der Waals surface area (Å²) in [5.74, 6) is 0. The van der Waals surface area contributed by atoms with Gasteiger partial charge in [-0.15, -0.1) is 0 Å². The number of carbonyl (C=O) groups is 1. The Balaban J connectivity index is 3.28. The maximum atomic E-state index is 13.1. The summed E-state index contributed by atoms with van der Waals surface area (Å²) in [5.41, 5.74) is -2.13. The molecule has 0 saturated heterocycles. The van der Waals surface area contributed by atoms with Crippen molar-refractivity contribution in [3.05, 3.63) is 30.3 Å². The van der Waals surface area contributed by atoms with Gasteiger partial charge in [-0.05, 0) is 12.1 Å². The zero-order valence-corrected chi connectivity index (χ0v) is 11.0. The highest BCUT2D eigenvalue weighted by Gasteiger charge is 2.75. The van der Waals surface area contributed by atoms with E-state index in [2.05, 4.69) is 0 Å². The summed E-state index contributed by atoms with van der Waals surface area (Å²) >= 11 is 0. The number of hydrogen-bond donors (Lipinski definition) is 3. The van der Waals surface area contributed by atoms with E-state index in [1.807, 2.05) is 0 Å². The molecule has 0 fully saturated rings. The topological polar surface area (TPSA) is 64.6 Å². The lowest BCUT2D eigenvalue weighted by Gasteiger charge is -2.42. The second-order valence-electron chi connectivity index (χ2n) is 4.16. The van der Waals surface area contributed by atoms with E-state index < -0.39 is 29.0 Å². The van der Waals surface area contributed by atoms with Gasteiger partial charge in [0.2, 0.25) is 0 Å². The number of nitrogens with one attached hydrogen (secondary N) is 2. The molecule has 0 atom stereocenters. The first-order valence-corrected chi connectivity index (χ1v) is 5.62. The number of para-hydroxylation sites is 1. The van der Waals surface area contributed by atoms with E-state index in [9.17, 15) is 31.1 Å². The van der Waals surface area contributed by atoms with Crippen LogP contribution in [0.3, 0.4) is 0 Å². The molecule has 124 valence electrons. The van der Waals surface area contributed by atoms with E-state index >= 15 is 0 Å². The van der Waals surface area contributed by atoms with Gasteiger partial charge >= 0.3 is 24.1 Å². The third kappa shape index (κ3) is 3.18. The van der Waals surface area contributed by atoms with E-state index in [-0.39, 0.29) is 12.7 Å². The number of carboxylic acid groups (broad SMARTS) is 1. The minimum absolute atomic E-state index is 0.112. The molecule has 0 heterocycles. The van der Waals surface area contributed by atoms with Gasteiger partial charge in [0.1, 0.15) is 0 Å². The predicted molar refractivity (Wildman–Crippen MR) is 63.8 cm³/mol. The van der Waals surface area contributed by atoms with Gasteiger partial charge in [-0.3, -0.25) is 4.90 Å². The molecule has 0 aromatic heterocycles. The van der Waals surface area contributed by atoms with Crippen molar-refractivity contribution in [2.24, 2.45) is 0 Å². The van der Waals surface area contributed by atoms with Crippen molar-refractivity contribution in [3.8, 4) is 0 Å². The fourth-order valence-corrected chi connectivity index (χ4v) is 1.59. The third-order valence-electron chi connectivity index (χ3n) is 2.77. The maximum absolute atomic E-state index is 13.1. The molecule has 0 radical (unpaired) electrons. The lowest BCUT2D eigenvalue weighted by molar-refractivity contribution is -0.340. The monoisotopic (exact) mass is 331 g/mol. The second kappa shape index (κ2) is 5.91. The van der Waals surface area contributed by atoms with Crippen molar-refractivity contribution in [2.45, 2.75) is 18.0 Å². The predicted octanol–water partition coefficient (Wildman–Crippen LogP) is 3.03. The van der Waals surface area contributed by atoms with Gasteiger partial charge in [-0.25, -0.2) is 4.79 Å². The molecule has 1 aromatic rings. The summed E-state index contributed by atoms with van der Waals surface area (Å²) in [5, 5.41) is 8.60. The van der Waals surface area contributed by atoms with Crippen molar-refractivity contribution >= 4 is 11.8 Å². The number of amides is 1.